The number of hydrogen-bond acceptors (Lipinski definition) is 2. The van der Waals surface area contributed by atoms with Gasteiger partial charge in [-0.2, -0.15) is 0 Å². The van der Waals surface area contributed by atoms with Gasteiger partial charge >= 0.3 is 5.97 Å². The molecule has 23 heavy (non-hydrogen) atoms. The lowest BCUT2D eigenvalue weighted by molar-refractivity contribution is -0.164. The van der Waals surface area contributed by atoms with E-state index in [4.69, 9.17) is 5.11 Å². The van der Waals surface area contributed by atoms with Crippen molar-refractivity contribution in [2.75, 3.05) is 6.61 Å². The minimum absolute atomic E-state index is 0.0419. The van der Waals surface area contributed by atoms with Gasteiger partial charge in [0, 0.05) is 0 Å². The average Bonchev–Trinajstić information content (AvgIpc) is 2.46. The molecule has 0 aliphatic heterocycles. The van der Waals surface area contributed by atoms with E-state index in [0.717, 1.165) is 44.9 Å². The van der Waals surface area contributed by atoms with Crippen LogP contribution in [0.3, 0.4) is 0 Å². The first-order valence-electron chi connectivity index (χ1n) is 8.93. The second kappa shape index (κ2) is 6.80. The first-order chi connectivity index (χ1) is 10.8. The maximum Gasteiger partial charge on any atom is 0.309 e. The molecule has 3 heteroatoms. The third-order valence-electron chi connectivity index (χ3n) is 6.78. The molecule has 2 fully saturated rings. The SMILES string of the molecule is C=C1CC[C@@H]2[C@](C)(CCC[C@]2(C)C(=O)O)[C@H]1CC/C(C)=C/CO. The van der Waals surface area contributed by atoms with E-state index in [-0.39, 0.29) is 17.9 Å². The number of rotatable bonds is 5. The molecule has 0 unspecified atom stereocenters. The van der Waals surface area contributed by atoms with E-state index in [9.17, 15) is 9.90 Å². The molecule has 0 aromatic carbocycles. The summed E-state index contributed by atoms with van der Waals surface area (Å²) in [5.41, 5.74) is 1.96. The molecule has 2 rings (SSSR count). The fourth-order valence-electron chi connectivity index (χ4n) is 5.37. The van der Waals surface area contributed by atoms with Gasteiger partial charge in [-0.1, -0.05) is 37.1 Å². The summed E-state index contributed by atoms with van der Waals surface area (Å²) in [6.07, 6.45) is 8.65. The quantitative estimate of drug-likeness (QED) is 0.730. The Hall–Kier alpha value is -1.09. The molecule has 3 nitrogen and oxygen atoms in total. The standard InChI is InChI=1S/C20H32O3/c1-14(10-13-21)6-8-16-15(2)7-9-17-19(16,3)11-5-12-20(17,4)18(22)23/h10,16-17,21H,2,5-9,11-13H2,1,3-4H3,(H,22,23)/b14-10+/t16-,17+,19+,20-/m0/s1. The van der Waals surface area contributed by atoms with Gasteiger partial charge in [0.1, 0.15) is 0 Å². The summed E-state index contributed by atoms with van der Waals surface area (Å²) < 4.78 is 0. The van der Waals surface area contributed by atoms with Gasteiger partial charge in [-0.25, -0.2) is 0 Å². The second-order valence-electron chi connectivity index (χ2n) is 8.16. The molecule has 2 N–H and O–H groups in total. The molecule has 0 saturated heterocycles. The van der Waals surface area contributed by atoms with E-state index in [1.165, 1.54) is 11.1 Å². The second-order valence-corrected chi connectivity index (χ2v) is 8.16. The predicted molar refractivity (Wildman–Crippen MR) is 93.1 cm³/mol. The number of aliphatic carboxylic acids is 1. The molecule has 0 aromatic heterocycles. The lowest BCUT2D eigenvalue weighted by Crippen LogP contribution is -2.53. The van der Waals surface area contributed by atoms with E-state index in [0.29, 0.717) is 5.92 Å². The van der Waals surface area contributed by atoms with Crippen LogP contribution in [0, 0.1) is 22.7 Å². The minimum Gasteiger partial charge on any atom is -0.481 e. The summed E-state index contributed by atoms with van der Waals surface area (Å²) >= 11 is 0. The van der Waals surface area contributed by atoms with Gasteiger partial charge in [0.05, 0.1) is 12.0 Å². The average molecular weight is 320 g/mol. The van der Waals surface area contributed by atoms with Gasteiger partial charge < -0.3 is 10.2 Å². The Kier molecular flexibility index (Phi) is 5.40. The number of aliphatic hydroxyl groups excluding tert-OH is 1. The molecule has 0 heterocycles. The van der Waals surface area contributed by atoms with Crippen molar-refractivity contribution in [1.82, 2.24) is 0 Å². The molecule has 130 valence electrons. The normalized spacial score (nSPS) is 38.3. The van der Waals surface area contributed by atoms with Gasteiger partial charge in [0.2, 0.25) is 0 Å². The highest BCUT2D eigenvalue weighted by molar-refractivity contribution is 5.75. The number of carbonyl (C=O) groups is 1. The van der Waals surface area contributed by atoms with Crippen molar-refractivity contribution >= 4 is 5.97 Å². The van der Waals surface area contributed by atoms with Crippen LogP contribution in [0.5, 0.6) is 0 Å². The van der Waals surface area contributed by atoms with Crippen molar-refractivity contribution in [2.45, 2.75) is 65.7 Å². The van der Waals surface area contributed by atoms with Crippen LogP contribution in [-0.2, 0) is 4.79 Å². The molecule has 0 spiro atoms. The molecule has 2 aliphatic carbocycles. The van der Waals surface area contributed by atoms with E-state index < -0.39 is 11.4 Å². The van der Waals surface area contributed by atoms with Crippen LogP contribution in [0.1, 0.15) is 65.7 Å². The first kappa shape index (κ1) is 18.3. The molecule has 2 saturated carbocycles. The van der Waals surface area contributed by atoms with Gasteiger partial charge in [0.15, 0.2) is 0 Å². The molecule has 0 aromatic rings. The molecule has 0 bridgehead atoms. The maximum atomic E-state index is 12.0. The largest absolute Gasteiger partial charge is 0.481 e. The number of aliphatic hydroxyl groups is 1. The summed E-state index contributed by atoms with van der Waals surface area (Å²) in [5, 5.41) is 18.9. The molecule has 4 atom stereocenters. The van der Waals surface area contributed by atoms with Crippen LogP contribution >= 0.6 is 0 Å². The van der Waals surface area contributed by atoms with Crippen LogP contribution in [0.25, 0.3) is 0 Å². The maximum absolute atomic E-state index is 12.0. The summed E-state index contributed by atoms with van der Waals surface area (Å²) in [6, 6.07) is 0. The zero-order valence-corrected chi connectivity index (χ0v) is 14.9. The Morgan fingerprint density at radius 1 is 1.39 bits per heavy atom. The van der Waals surface area contributed by atoms with E-state index >= 15 is 0 Å². The summed E-state index contributed by atoms with van der Waals surface area (Å²) in [5.74, 6) is -0.00260. The number of carboxylic acids is 1. The van der Waals surface area contributed by atoms with Crippen molar-refractivity contribution in [3.63, 3.8) is 0 Å². The third-order valence-corrected chi connectivity index (χ3v) is 6.78. The fraction of sp³-hybridized carbons (Fsp3) is 0.750. The first-order valence-corrected chi connectivity index (χ1v) is 8.93. The summed E-state index contributed by atoms with van der Waals surface area (Å²) in [4.78, 5) is 12.0. The van der Waals surface area contributed by atoms with E-state index in [2.05, 4.69) is 20.4 Å². The Labute approximate surface area is 140 Å². The Bertz CT molecular complexity index is 507. The van der Waals surface area contributed by atoms with Gasteiger partial charge in [-0.05, 0) is 69.6 Å². The molecule has 0 radical (unpaired) electrons. The molecular weight excluding hydrogens is 288 g/mol. The van der Waals surface area contributed by atoms with Crippen molar-refractivity contribution < 1.29 is 15.0 Å². The van der Waals surface area contributed by atoms with Crippen LogP contribution in [0.2, 0.25) is 0 Å². The zero-order valence-electron chi connectivity index (χ0n) is 14.9. The van der Waals surface area contributed by atoms with Gasteiger partial charge in [-0.3, -0.25) is 4.79 Å². The summed E-state index contributed by atoms with van der Waals surface area (Å²) in [7, 11) is 0. The molecular formula is C20H32O3. The van der Waals surface area contributed by atoms with E-state index in [1.54, 1.807) is 0 Å². The highest BCUT2D eigenvalue weighted by Gasteiger charge is 2.57. The highest BCUT2D eigenvalue weighted by Crippen LogP contribution is 2.62. The smallest absolute Gasteiger partial charge is 0.309 e. The predicted octanol–water partition coefficient (Wildman–Crippen LogP) is 4.57. The Balaban J connectivity index is 2.26. The van der Waals surface area contributed by atoms with Crippen LogP contribution in [-0.4, -0.2) is 22.8 Å². The van der Waals surface area contributed by atoms with Crippen molar-refractivity contribution in [1.29, 1.82) is 0 Å². The molecule has 0 amide bonds. The third kappa shape index (κ3) is 3.26. The van der Waals surface area contributed by atoms with Gasteiger partial charge in [-0.15, -0.1) is 0 Å². The fourth-order valence-corrected chi connectivity index (χ4v) is 5.37. The number of hydrogen-bond donors (Lipinski definition) is 2. The Morgan fingerprint density at radius 2 is 2.09 bits per heavy atom. The number of allylic oxidation sites excluding steroid dienone is 2. The van der Waals surface area contributed by atoms with E-state index in [1.807, 2.05) is 13.0 Å². The van der Waals surface area contributed by atoms with Crippen molar-refractivity contribution in [3.8, 4) is 0 Å². The lowest BCUT2D eigenvalue weighted by atomic mass is 9.46. The monoisotopic (exact) mass is 320 g/mol. The van der Waals surface area contributed by atoms with Crippen LogP contribution in [0.4, 0.5) is 0 Å². The van der Waals surface area contributed by atoms with Crippen LogP contribution < -0.4 is 0 Å². The number of fused-ring (bicyclic) bond motifs is 1. The minimum atomic E-state index is -0.629. The van der Waals surface area contributed by atoms with Gasteiger partial charge in [0.25, 0.3) is 0 Å². The number of carboxylic acid groups (broad SMARTS) is 1. The van der Waals surface area contributed by atoms with Crippen molar-refractivity contribution in [3.05, 3.63) is 23.8 Å². The topological polar surface area (TPSA) is 57.5 Å². The van der Waals surface area contributed by atoms with Crippen molar-refractivity contribution in [2.24, 2.45) is 22.7 Å². The summed E-state index contributed by atoms with van der Waals surface area (Å²) in [6.45, 7) is 10.7. The lowest BCUT2D eigenvalue weighted by Gasteiger charge is -2.57. The zero-order chi connectivity index (χ0) is 17.3. The Morgan fingerprint density at radius 3 is 2.70 bits per heavy atom. The molecule has 2 aliphatic rings. The van der Waals surface area contributed by atoms with Crippen LogP contribution in [0.15, 0.2) is 23.8 Å². The highest BCUT2D eigenvalue weighted by atomic mass is 16.4.